The Morgan fingerprint density at radius 2 is 1.32 bits per heavy atom. The van der Waals surface area contributed by atoms with Crippen molar-refractivity contribution in [3.63, 3.8) is 0 Å². The zero-order valence-electron chi connectivity index (χ0n) is 19.9. The first kappa shape index (κ1) is 24.4. The number of nitrogens with one attached hydrogen (secondary N) is 2. The van der Waals surface area contributed by atoms with Crippen molar-refractivity contribution in [2.45, 2.75) is 32.4 Å². The van der Waals surface area contributed by atoms with E-state index in [2.05, 4.69) is 74.2 Å². The van der Waals surface area contributed by atoms with Crippen LogP contribution >= 0.6 is 22.7 Å². The molecule has 6 aromatic heterocycles. The molecule has 0 unspecified atom stereocenters. The summed E-state index contributed by atoms with van der Waals surface area (Å²) in [6, 6.07) is 4.22. The minimum atomic E-state index is 0.427. The maximum absolute atomic E-state index is 5.53. The van der Waals surface area contributed by atoms with Gasteiger partial charge in [0, 0.05) is 43.2 Å². The predicted octanol–water partition coefficient (Wildman–Crippen LogP) is 2.76. The Morgan fingerprint density at radius 3 is 1.86 bits per heavy atom. The fraction of sp³-hybridized carbons (Fsp3) is 0.217. The number of aromatic amines is 2. The van der Waals surface area contributed by atoms with E-state index in [0.717, 1.165) is 42.3 Å². The van der Waals surface area contributed by atoms with Crippen LogP contribution in [0.2, 0.25) is 0 Å². The third-order valence-electron chi connectivity index (χ3n) is 5.35. The summed E-state index contributed by atoms with van der Waals surface area (Å²) in [5.74, 6) is 0.857. The van der Waals surface area contributed by atoms with Crippen molar-refractivity contribution in [3.05, 3.63) is 92.3 Å². The molecule has 6 N–H and O–H groups in total. The average Bonchev–Trinajstić information content (AvgIpc) is 3.71. The Balaban J connectivity index is 0.000000152. The molecule has 6 heterocycles. The first-order chi connectivity index (χ1) is 18.1. The maximum Gasteiger partial charge on any atom is 0.197 e. The van der Waals surface area contributed by atoms with Crippen LogP contribution in [0.3, 0.4) is 0 Å². The van der Waals surface area contributed by atoms with Gasteiger partial charge in [0.25, 0.3) is 0 Å². The average molecular weight is 535 g/mol. The van der Waals surface area contributed by atoms with Crippen LogP contribution < -0.4 is 11.5 Å². The molecule has 12 nitrogen and oxygen atoms in total. The zero-order chi connectivity index (χ0) is 25.5. The molecule has 0 aliphatic rings. The molecule has 0 radical (unpaired) electrons. The number of nitrogens with zero attached hydrogens (tertiary/aromatic N) is 8. The Bertz CT molecular complexity index is 1490. The second-order valence-electron chi connectivity index (χ2n) is 8.33. The fourth-order valence-corrected chi connectivity index (χ4v) is 4.96. The number of nitrogen functional groups attached to an aromatic ring is 2. The third-order valence-corrected chi connectivity index (χ3v) is 6.81. The quantitative estimate of drug-likeness (QED) is 0.219. The van der Waals surface area contributed by atoms with Crippen LogP contribution in [0, 0.1) is 0 Å². The number of aromatic nitrogens is 10. The van der Waals surface area contributed by atoms with E-state index in [1.54, 1.807) is 35.1 Å². The number of nitrogens with two attached hydrogens (primary N) is 2. The van der Waals surface area contributed by atoms with Crippen LogP contribution in [-0.2, 0) is 32.4 Å². The number of H-pyrrole nitrogens is 2. The van der Waals surface area contributed by atoms with Crippen molar-refractivity contribution in [2.75, 3.05) is 11.5 Å². The summed E-state index contributed by atoms with van der Waals surface area (Å²) in [6.45, 7) is 1.59. The topological polar surface area (TPSA) is 171 Å². The summed E-state index contributed by atoms with van der Waals surface area (Å²) in [5.41, 5.74) is 17.3. The van der Waals surface area contributed by atoms with E-state index in [4.69, 9.17) is 11.5 Å². The maximum atomic E-state index is 5.53. The second kappa shape index (κ2) is 11.6. The van der Waals surface area contributed by atoms with Gasteiger partial charge in [-0.25, -0.2) is 14.6 Å². The second-order valence-corrected chi connectivity index (χ2v) is 9.89. The van der Waals surface area contributed by atoms with E-state index >= 15 is 0 Å². The van der Waals surface area contributed by atoms with Crippen LogP contribution in [0.1, 0.15) is 33.9 Å². The van der Waals surface area contributed by atoms with Gasteiger partial charge < -0.3 is 21.4 Å². The molecule has 0 fully saturated rings. The summed E-state index contributed by atoms with van der Waals surface area (Å²) in [4.78, 5) is 13.9. The van der Waals surface area contributed by atoms with Gasteiger partial charge in [0.2, 0.25) is 0 Å². The van der Waals surface area contributed by atoms with Crippen molar-refractivity contribution < 1.29 is 0 Å². The van der Waals surface area contributed by atoms with E-state index in [0.29, 0.717) is 24.7 Å². The number of imidazole rings is 2. The Labute approximate surface area is 220 Å². The van der Waals surface area contributed by atoms with Crippen LogP contribution in [0.25, 0.3) is 0 Å². The lowest BCUT2D eigenvalue weighted by atomic mass is 10.2. The molecule has 0 saturated heterocycles. The Hall–Kier alpha value is -4.30. The van der Waals surface area contributed by atoms with Gasteiger partial charge >= 0.3 is 0 Å². The number of thiophene rings is 2. The number of hydrogen-bond acceptors (Lipinski definition) is 10. The van der Waals surface area contributed by atoms with Gasteiger partial charge in [-0.15, -0.1) is 10.2 Å². The lowest BCUT2D eigenvalue weighted by molar-refractivity contribution is 0.589. The van der Waals surface area contributed by atoms with Gasteiger partial charge in [0.05, 0.1) is 30.3 Å². The summed E-state index contributed by atoms with van der Waals surface area (Å²) in [6.07, 6.45) is 9.64. The number of hydrogen-bond donors (Lipinski definition) is 4. The highest BCUT2D eigenvalue weighted by atomic mass is 32.1. The number of rotatable bonds is 9. The van der Waals surface area contributed by atoms with E-state index in [-0.39, 0.29) is 0 Å². The minimum absolute atomic E-state index is 0.427. The fourth-order valence-electron chi connectivity index (χ4n) is 3.60. The van der Waals surface area contributed by atoms with Gasteiger partial charge in [0.1, 0.15) is 0 Å². The van der Waals surface area contributed by atoms with Gasteiger partial charge in [-0.1, -0.05) is 10.4 Å². The van der Waals surface area contributed by atoms with Gasteiger partial charge in [-0.05, 0) is 51.2 Å². The highest BCUT2D eigenvalue weighted by Crippen LogP contribution is 2.10. The van der Waals surface area contributed by atoms with E-state index < -0.39 is 0 Å². The molecule has 0 aromatic carbocycles. The molecule has 14 heteroatoms. The SMILES string of the molecule is Nc1ncc(Cc2cn(CCc3ccsc3)nn2)[nH]1.Nc1ncc(Cc2cn(Cc3ccsc3)nn2)[nH]1. The highest BCUT2D eigenvalue weighted by molar-refractivity contribution is 7.08. The molecule has 0 aliphatic carbocycles. The summed E-state index contributed by atoms with van der Waals surface area (Å²) < 4.78 is 3.70. The van der Waals surface area contributed by atoms with Crippen molar-refractivity contribution in [2.24, 2.45) is 0 Å². The Morgan fingerprint density at radius 1 is 0.757 bits per heavy atom. The predicted molar refractivity (Wildman–Crippen MR) is 143 cm³/mol. The molecule has 37 heavy (non-hydrogen) atoms. The van der Waals surface area contributed by atoms with Crippen LogP contribution in [0.5, 0.6) is 0 Å². The highest BCUT2D eigenvalue weighted by Gasteiger charge is 2.06. The molecule has 0 aliphatic heterocycles. The standard InChI is InChI=1S/C12H14N6S.C11H12N6S/c13-12-14-6-10(15-12)5-11-7-18(17-16-11)3-1-9-2-4-19-8-9;12-11-13-4-9(14-11)3-10-6-17(16-15-10)5-8-1-2-18-7-8/h2,4,6-8H,1,3,5H2,(H3,13,14,15);1-2,4,6-7H,3,5H2,(H3,12,13,14). The molecular formula is C23H26N12S2. The van der Waals surface area contributed by atoms with Gasteiger partial charge in [-0.2, -0.15) is 22.7 Å². The molecule has 0 bridgehead atoms. The molecule has 0 saturated carbocycles. The van der Waals surface area contributed by atoms with Crippen molar-refractivity contribution in [1.82, 2.24) is 49.9 Å². The zero-order valence-corrected chi connectivity index (χ0v) is 21.5. The lowest BCUT2D eigenvalue weighted by Crippen LogP contribution is -2.01. The molecule has 0 atom stereocenters. The van der Waals surface area contributed by atoms with Crippen LogP contribution in [0.15, 0.2) is 58.4 Å². The summed E-state index contributed by atoms with van der Waals surface area (Å²) in [5, 5.41) is 24.9. The van der Waals surface area contributed by atoms with Gasteiger partial charge in [-0.3, -0.25) is 4.68 Å². The largest absolute Gasteiger partial charge is 0.369 e. The number of aryl methyl sites for hydroxylation is 2. The molecule has 6 aromatic rings. The van der Waals surface area contributed by atoms with E-state index in [1.807, 2.05) is 21.8 Å². The molecule has 0 spiro atoms. The summed E-state index contributed by atoms with van der Waals surface area (Å²) in [7, 11) is 0. The van der Waals surface area contributed by atoms with E-state index in [9.17, 15) is 0 Å². The smallest absolute Gasteiger partial charge is 0.197 e. The third kappa shape index (κ3) is 7.11. The van der Waals surface area contributed by atoms with Crippen molar-refractivity contribution >= 4 is 34.6 Å². The Kier molecular flexibility index (Phi) is 7.66. The molecule has 190 valence electrons. The monoisotopic (exact) mass is 534 g/mol. The minimum Gasteiger partial charge on any atom is -0.369 e. The van der Waals surface area contributed by atoms with Crippen LogP contribution in [0.4, 0.5) is 11.9 Å². The number of anilines is 2. The molecule has 6 rings (SSSR count). The normalized spacial score (nSPS) is 10.9. The first-order valence-corrected chi connectivity index (χ1v) is 13.4. The van der Waals surface area contributed by atoms with Crippen molar-refractivity contribution in [3.8, 4) is 0 Å². The van der Waals surface area contributed by atoms with Gasteiger partial charge in [0.15, 0.2) is 11.9 Å². The van der Waals surface area contributed by atoms with Crippen LogP contribution in [-0.4, -0.2) is 49.9 Å². The van der Waals surface area contributed by atoms with E-state index in [1.165, 1.54) is 11.1 Å². The molecule has 0 amide bonds. The lowest BCUT2D eigenvalue weighted by Gasteiger charge is -1.97. The molecular weight excluding hydrogens is 508 g/mol. The summed E-state index contributed by atoms with van der Waals surface area (Å²) >= 11 is 3.40. The van der Waals surface area contributed by atoms with Crippen molar-refractivity contribution in [1.29, 1.82) is 0 Å². The first-order valence-electron chi connectivity index (χ1n) is 11.5.